The summed E-state index contributed by atoms with van der Waals surface area (Å²) < 4.78 is 5.27. The molecule has 0 radical (unpaired) electrons. The van der Waals surface area contributed by atoms with E-state index in [9.17, 15) is 5.11 Å². The quantitative estimate of drug-likeness (QED) is 0.938. The second kappa shape index (κ2) is 6.67. The third-order valence-electron chi connectivity index (χ3n) is 4.83. The number of hydrogen-bond acceptors (Lipinski definition) is 3. The normalized spacial score (nSPS) is 18.5. The van der Waals surface area contributed by atoms with Crippen LogP contribution in [0.1, 0.15) is 25.3 Å². The van der Waals surface area contributed by atoms with Gasteiger partial charge in [-0.15, -0.1) is 0 Å². The van der Waals surface area contributed by atoms with Crippen LogP contribution in [-0.2, 0) is 6.54 Å². The van der Waals surface area contributed by atoms with Crippen LogP contribution >= 0.6 is 0 Å². The number of aliphatic hydroxyl groups excluding tert-OH is 1. The van der Waals surface area contributed by atoms with Crippen LogP contribution in [0.4, 0.5) is 0 Å². The first-order valence-corrected chi connectivity index (χ1v) is 8.13. The Hall–Kier alpha value is -1.58. The van der Waals surface area contributed by atoms with Gasteiger partial charge in [-0.25, -0.2) is 0 Å². The maximum Gasteiger partial charge on any atom is 0.119 e. The molecule has 1 aliphatic rings. The molecule has 118 valence electrons. The number of ether oxygens (including phenoxy) is 1. The summed E-state index contributed by atoms with van der Waals surface area (Å²) in [6.45, 7) is 5.07. The monoisotopic (exact) mass is 299 g/mol. The minimum absolute atomic E-state index is 0.169. The van der Waals surface area contributed by atoms with Crippen molar-refractivity contribution in [2.75, 3.05) is 20.2 Å². The summed E-state index contributed by atoms with van der Waals surface area (Å²) in [5.41, 5.74) is 1.35. The summed E-state index contributed by atoms with van der Waals surface area (Å²) in [6, 6.07) is 12.9. The summed E-state index contributed by atoms with van der Waals surface area (Å²) >= 11 is 0. The van der Waals surface area contributed by atoms with Gasteiger partial charge in [-0.3, -0.25) is 4.90 Å². The molecule has 3 heteroatoms. The molecule has 0 spiro atoms. The van der Waals surface area contributed by atoms with Crippen molar-refractivity contribution < 1.29 is 9.84 Å². The van der Waals surface area contributed by atoms with E-state index >= 15 is 0 Å². The first kappa shape index (κ1) is 15.3. The second-order valence-electron chi connectivity index (χ2n) is 6.40. The summed E-state index contributed by atoms with van der Waals surface area (Å²) in [6.07, 6.45) is 2.03. The molecule has 1 heterocycles. The fraction of sp³-hybridized carbons (Fsp3) is 0.474. The molecule has 2 aromatic carbocycles. The van der Waals surface area contributed by atoms with Gasteiger partial charge < -0.3 is 9.84 Å². The van der Waals surface area contributed by atoms with E-state index in [1.807, 2.05) is 13.0 Å². The Morgan fingerprint density at radius 2 is 1.82 bits per heavy atom. The number of nitrogens with zero attached hydrogens (tertiary/aromatic N) is 1. The molecule has 0 saturated carbocycles. The van der Waals surface area contributed by atoms with E-state index in [1.54, 1.807) is 7.11 Å². The predicted octanol–water partition coefficient (Wildman–Crippen LogP) is 3.44. The molecule has 1 fully saturated rings. The van der Waals surface area contributed by atoms with E-state index in [4.69, 9.17) is 4.74 Å². The molecule has 0 bridgehead atoms. The molecule has 3 rings (SSSR count). The minimum Gasteiger partial charge on any atom is -0.497 e. The molecular weight excluding hydrogens is 274 g/mol. The van der Waals surface area contributed by atoms with Gasteiger partial charge in [-0.1, -0.05) is 18.2 Å². The lowest BCUT2D eigenvalue weighted by Gasteiger charge is -2.33. The van der Waals surface area contributed by atoms with Gasteiger partial charge in [0.25, 0.3) is 0 Å². The number of piperidine rings is 1. The number of benzene rings is 2. The van der Waals surface area contributed by atoms with Crippen LogP contribution in [0.5, 0.6) is 5.75 Å². The highest BCUT2D eigenvalue weighted by atomic mass is 16.5. The first-order valence-electron chi connectivity index (χ1n) is 8.13. The Kier molecular flexibility index (Phi) is 4.65. The molecule has 1 unspecified atom stereocenters. The number of methoxy groups -OCH3 is 1. The fourth-order valence-corrected chi connectivity index (χ4v) is 3.35. The SMILES string of the molecule is COc1ccc2cc(CN3CCC(C(C)O)CC3)ccc2c1. The van der Waals surface area contributed by atoms with Crippen LogP contribution in [0.3, 0.4) is 0 Å². The zero-order valence-electron chi connectivity index (χ0n) is 13.5. The predicted molar refractivity (Wildman–Crippen MR) is 90.2 cm³/mol. The molecule has 1 N–H and O–H groups in total. The van der Waals surface area contributed by atoms with Gasteiger partial charge >= 0.3 is 0 Å². The zero-order valence-corrected chi connectivity index (χ0v) is 13.5. The lowest BCUT2D eigenvalue weighted by atomic mass is 9.92. The lowest BCUT2D eigenvalue weighted by Crippen LogP contribution is -2.36. The van der Waals surface area contributed by atoms with Gasteiger partial charge in [0.2, 0.25) is 0 Å². The van der Waals surface area contributed by atoms with Crippen molar-refractivity contribution >= 4 is 10.8 Å². The Morgan fingerprint density at radius 3 is 2.50 bits per heavy atom. The van der Waals surface area contributed by atoms with Crippen LogP contribution in [-0.4, -0.2) is 36.3 Å². The molecule has 3 nitrogen and oxygen atoms in total. The van der Waals surface area contributed by atoms with Crippen LogP contribution in [0.15, 0.2) is 36.4 Å². The van der Waals surface area contributed by atoms with Gasteiger partial charge in [0.15, 0.2) is 0 Å². The molecule has 1 atom stereocenters. The fourth-order valence-electron chi connectivity index (χ4n) is 3.35. The van der Waals surface area contributed by atoms with Gasteiger partial charge in [-0.05, 0) is 73.3 Å². The van der Waals surface area contributed by atoms with Crippen molar-refractivity contribution in [1.82, 2.24) is 4.90 Å². The number of likely N-dealkylation sites (tertiary alicyclic amines) is 1. The van der Waals surface area contributed by atoms with E-state index in [0.717, 1.165) is 38.2 Å². The highest BCUT2D eigenvalue weighted by Crippen LogP contribution is 2.25. The number of hydrogen-bond donors (Lipinski definition) is 1. The summed E-state index contributed by atoms with van der Waals surface area (Å²) in [5.74, 6) is 1.38. The van der Waals surface area contributed by atoms with E-state index in [0.29, 0.717) is 5.92 Å². The van der Waals surface area contributed by atoms with E-state index in [2.05, 4.69) is 35.2 Å². The van der Waals surface area contributed by atoms with Crippen LogP contribution in [0, 0.1) is 5.92 Å². The molecular formula is C19H25NO2. The maximum absolute atomic E-state index is 9.69. The van der Waals surface area contributed by atoms with Crippen molar-refractivity contribution in [1.29, 1.82) is 0 Å². The average Bonchev–Trinajstić information content (AvgIpc) is 2.55. The molecule has 0 aliphatic carbocycles. The summed E-state index contributed by atoms with van der Waals surface area (Å²) in [7, 11) is 1.70. The Balaban J connectivity index is 1.67. The van der Waals surface area contributed by atoms with Crippen molar-refractivity contribution in [3.05, 3.63) is 42.0 Å². The highest BCUT2D eigenvalue weighted by molar-refractivity contribution is 5.84. The van der Waals surface area contributed by atoms with E-state index in [-0.39, 0.29) is 6.10 Å². The first-order chi connectivity index (χ1) is 10.7. The Bertz CT molecular complexity index is 630. The van der Waals surface area contributed by atoms with Crippen molar-refractivity contribution in [2.45, 2.75) is 32.4 Å². The van der Waals surface area contributed by atoms with Crippen LogP contribution < -0.4 is 4.74 Å². The zero-order chi connectivity index (χ0) is 15.5. The van der Waals surface area contributed by atoms with Crippen molar-refractivity contribution in [2.24, 2.45) is 5.92 Å². The largest absolute Gasteiger partial charge is 0.497 e. The van der Waals surface area contributed by atoms with E-state index < -0.39 is 0 Å². The topological polar surface area (TPSA) is 32.7 Å². The lowest BCUT2D eigenvalue weighted by molar-refractivity contribution is 0.0695. The maximum atomic E-state index is 9.69. The molecule has 1 aliphatic heterocycles. The van der Waals surface area contributed by atoms with Gasteiger partial charge in [0, 0.05) is 6.54 Å². The minimum atomic E-state index is -0.169. The standard InChI is InChI=1S/C19H25NO2/c1-14(21)16-7-9-20(10-8-16)13-15-3-4-18-12-19(22-2)6-5-17(18)11-15/h3-6,11-12,14,16,21H,7-10,13H2,1-2H3. The summed E-state index contributed by atoms with van der Waals surface area (Å²) in [4.78, 5) is 2.49. The smallest absolute Gasteiger partial charge is 0.119 e. The van der Waals surface area contributed by atoms with Gasteiger partial charge in [0.05, 0.1) is 13.2 Å². The summed E-state index contributed by atoms with van der Waals surface area (Å²) in [5, 5.41) is 12.2. The third-order valence-corrected chi connectivity index (χ3v) is 4.83. The molecule has 0 aromatic heterocycles. The van der Waals surface area contributed by atoms with E-state index in [1.165, 1.54) is 16.3 Å². The number of aliphatic hydroxyl groups is 1. The molecule has 2 aromatic rings. The number of fused-ring (bicyclic) bond motifs is 1. The molecule has 1 saturated heterocycles. The van der Waals surface area contributed by atoms with Crippen molar-refractivity contribution in [3.8, 4) is 5.75 Å². The van der Waals surface area contributed by atoms with Gasteiger partial charge in [-0.2, -0.15) is 0 Å². The average molecular weight is 299 g/mol. The molecule has 22 heavy (non-hydrogen) atoms. The van der Waals surface area contributed by atoms with Crippen LogP contribution in [0.25, 0.3) is 10.8 Å². The van der Waals surface area contributed by atoms with Gasteiger partial charge in [0.1, 0.15) is 5.75 Å². The second-order valence-corrected chi connectivity index (χ2v) is 6.40. The third kappa shape index (κ3) is 3.42. The Morgan fingerprint density at radius 1 is 1.14 bits per heavy atom. The van der Waals surface area contributed by atoms with Crippen molar-refractivity contribution in [3.63, 3.8) is 0 Å². The Labute approximate surface area is 132 Å². The molecule has 0 amide bonds. The number of rotatable bonds is 4. The van der Waals surface area contributed by atoms with Crippen LogP contribution in [0.2, 0.25) is 0 Å². The highest BCUT2D eigenvalue weighted by Gasteiger charge is 2.22.